The Morgan fingerprint density at radius 1 is 1.36 bits per heavy atom. The number of carbonyl (C=O) groups excluding carboxylic acids is 1. The highest BCUT2D eigenvalue weighted by Crippen LogP contribution is 2.15. The van der Waals surface area contributed by atoms with Gasteiger partial charge in [0.15, 0.2) is 6.19 Å². The molecule has 0 aromatic carbocycles. The van der Waals surface area contributed by atoms with Crippen molar-refractivity contribution < 1.29 is 4.79 Å². The highest BCUT2D eigenvalue weighted by atomic mass is 16.2. The van der Waals surface area contributed by atoms with Crippen LogP contribution in [0.25, 0.3) is 11.1 Å². The van der Waals surface area contributed by atoms with Crippen molar-refractivity contribution in [1.82, 2.24) is 30.0 Å². The van der Waals surface area contributed by atoms with E-state index in [1.165, 1.54) is 0 Å². The number of nitriles is 1. The Balaban J connectivity index is 1.65. The summed E-state index contributed by atoms with van der Waals surface area (Å²) in [5, 5.41) is 15.7. The minimum absolute atomic E-state index is 0.0336. The van der Waals surface area contributed by atoms with Gasteiger partial charge >= 0.3 is 0 Å². The van der Waals surface area contributed by atoms with E-state index in [0.717, 1.165) is 17.5 Å². The molecule has 1 saturated heterocycles. The quantitative estimate of drug-likeness (QED) is 0.810. The number of aryl methyl sites for hydroxylation is 1. The van der Waals surface area contributed by atoms with Gasteiger partial charge in [0, 0.05) is 55.9 Å². The number of likely N-dealkylation sites (tertiary alicyclic amines) is 1. The third kappa shape index (κ3) is 2.88. The highest BCUT2D eigenvalue weighted by molar-refractivity contribution is 5.90. The average molecular weight is 297 g/mol. The largest absolute Gasteiger partial charge is 0.345 e. The van der Waals surface area contributed by atoms with E-state index in [0.29, 0.717) is 13.1 Å². The van der Waals surface area contributed by atoms with E-state index in [1.54, 1.807) is 28.2 Å². The number of aromatic nitrogens is 4. The van der Waals surface area contributed by atoms with Crippen LogP contribution in [0.3, 0.4) is 0 Å². The Labute approximate surface area is 127 Å². The SMILES string of the molecule is Cn1cc(-c2cnc(C(=O)NC3CCN(C#N)C3)nc2)cn1. The first-order chi connectivity index (χ1) is 10.7. The molecule has 0 saturated carbocycles. The van der Waals surface area contributed by atoms with E-state index in [1.807, 2.05) is 13.2 Å². The second kappa shape index (κ2) is 5.81. The molecule has 112 valence electrons. The molecule has 1 aliphatic heterocycles. The molecule has 8 heteroatoms. The van der Waals surface area contributed by atoms with Gasteiger partial charge in [0.2, 0.25) is 5.82 Å². The second-order valence-electron chi connectivity index (χ2n) is 5.20. The van der Waals surface area contributed by atoms with Gasteiger partial charge in [-0.2, -0.15) is 10.4 Å². The molecule has 0 radical (unpaired) electrons. The monoisotopic (exact) mass is 297 g/mol. The molecular formula is C14H15N7O. The van der Waals surface area contributed by atoms with Gasteiger partial charge < -0.3 is 10.2 Å². The molecule has 1 aliphatic rings. The van der Waals surface area contributed by atoms with Crippen molar-refractivity contribution in [3.8, 4) is 17.3 Å². The number of amides is 1. The molecule has 1 unspecified atom stereocenters. The lowest BCUT2D eigenvalue weighted by Gasteiger charge is -2.11. The molecule has 0 aliphatic carbocycles. The summed E-state index contributed by atoms with van der Waals surface area (Å²) in [6.45, 7) is 1.21. The summed E-state index contributed by atoms with van der Waals surface area (Å²) in [7, 11) is 1.83. The van der Waals surface area contributed by atoms with Gasteiger partial charge in [0.1, 0.15) is 0 Å². The third-order valence-corrected chi connectivity index (χ3v) is 3.56. The van der Waals surface area contributed by atoms with Crippen LogP contribution in [-0.4, -0.2) is 49.7 Å². The predicted octanol–water partition coefficient (Wildman–Crippen LogP) is 0.162. The van der Waals surface area contributed by atoms with Crippen LogP contribution in [0, 0.1) is 11.5 Å². The molecule has 1 atom stereocenters. The Morgan fingerprint density at radius 2 is 2.14 bits per heavy atom. The van der Waals surface area contributed by atoms with E-state index < -0.39 is 0 Å². The van der Waals surface area contributed by atoms with Crippen molar-refractivity contribution in [2.75, 3.05) is 13.1 Å². The normalized spacial score (nSPS) is 17.3. The second-order valence-corrected chi connectivity index (χ2v) is 5.20. The molecular weight excluding hydrogens is 282 g/mol. The Morgan fingerprint density at radius 3 is 2.73 bits per heavy atom. The summed E-state index contributed by atoms with van der Waals surface area (Å²) in [4.78, 5) is 21.9. The smallest absolute Gasteiger partial charge is 0.289 e. The zero-order valence-electron chi connectivity index (χ0n) is 12.1. The zero-order chi connectivity index (χ0) is 15.5. The van der Waals surface area contributed by atoms with E-state index in [-0.39, 0.29) is 17.8 Å². The third-order valence-electron chi connectivity index (χ3n) is 3.56. The number of rotatable bonds is 3. The number of nitrogens with one attached hydrogen (secondary N) is 1. The first-order valence-electron chi connectivity index (χ1n) is 6.92. The Bertz CT molecular complexity index is 716. The molecule has 1 N–H and O–H groups in total. The molecule has 2 aromatic rings. The van der Waals surface area contributed by atoms with Crippen molar-refractivity contribution in [3.05, 3.63) is 30.6 Å². The van der Waals surface area contributed by atoms with Crippen LogP contribution in [0.2, 0.25) is 0 Å². The van der Waals surface area contributed by atoms with Gasteiger partial charge in [-0.1, -0.05) is 0 Å². The van der Waals surface area contributed by atoms with E-state index >= 15 is 0 Å². The standard InChI is InChI=1S/C14H15N7O/c1-20-7-11(6-18-20)10-4-16-13(17-5-10)14(22)19-12-2-3-21(8-12)9-15/h4-7,12H,2-3,8H2,1H3,(H,19,22). The van der Waals surface area contributed by atoms with E-state index in [4.69, 9.17) is 5.26 Å². The lowest BCUT2D eigenvalue weighted by Crippen LogP contribution is -2.37. The van der Waals surface area contributed by atoms with Gasteiger partial charge in [-0.3, -0.25) is 9.48 Å². The maximum absolute atomic E-state index is 12.1. The fourth-order valence-electron chi connectivity index (χ4n) is 2.38. The number of hydrogen-bond acceptors (Lipinski definition) is 6. The fraction of sp³-hybridized carbons (Fsp3) is 0.357. The van der Waals surface area contributed by atoms with Crippen LogP contribution in [0.5, 0.6) is 0 Å². The van der Waals surface area contributed by atoms with Gasteiger partial charge in [0.05, 0.1) is 6.20 Å². The summed E-state index contributed by atoms with van der Waals surface area (Å²) < 4.78 is 1.69. The van der Waals surface area contributed by atoms with Crippen LogP contribution in [0.4, 0.5) is 0 Å². The number of hydrogen-bond donors (Lipinski definition) is 1. The van der Waals surface area contributed by atoms with Crippen molar-refractivity contribution >= 4 is 5.91 Å². The number of carbonyl (C=O) groups is 1. The minimum Gasteiger partial charge on any atom is -0.345 e. The molecule has 2 aromatic heterocycles. The van der Waals surface area contributed by atoms with Gasteiger partial charge in [-0.15, -0.1) is 0 Å². The maximum Gasteiger partial charge on any atom is 0.289 e. The molecule has 1 fully saturated rings. The van der Waals surface area contributed by atoms with Crippen LogP contribution in [-0.2, 0) is 7.05 Å². The van der Waals surface area contributed by atoms with Crippen LogP contribution >= 0.6 is 0 Å². The number of nitrogens with zero attached hydrogens (tertiary/aromatic N) is 6. The van der Waals surface area contributed by atoms with Gasteiger partial charge in [0.25, 0.3) is 5.91 Å². The topological polar surface area (TPSA) is 99.7 Å². The van der Waals surface area contributed by atoms with Gasteiger partial charge in [-0.05, 0) is 6.42 Å². The summed E-state index contributed by atoms with van der Waals surface area (Å²) in [5.41, 5.74) is 1.70. The van der Waals surface area contributed by atoms with Crippen molar-refractivity contribution in [1.29, 1.82) is 5.26 Å². The van der Waals surface area contributed by atoms with E-state index in [2.05, 4.69) is 26.6 Å². The highest BCUT2D eigenvalue weighted by Gasteiger charge is 2.24. The van der Waals surface area contributed by atoms with E-state index in [9.17, 15) is 4.79 Å². The van der Waals surface area contributed by atoms with Crippen molar-refractivity contribution in [3.63, 3.8) is 0 Å². The van der Waals surface area contributed by atoms with Crippen molar-refractivity contribution in [2.24, 2.45) is 7.05 Å². The summed E-state index contributed by atoms with van der Waals surface area (Å²) >= 11 is 0. The van der Waals surface area contributed by atoms with Crippen molar-refractivity contribution in [2.45, 2.75) is 12.5 Å². The molecule has 3 rings (SSSR count). The Hall–Kier alpha value is -2.95. The van der Waals surface area contributed by atoms with Crippen LogP contribution < -0.4 is 5.32 Å². The average Bonchev–Trinajstić information content (AvgIpc) is 3.16. The lowest BCUT2D eigenvalue weighted by atomic mass is 10.2. The molecule has 0 spiro atoms. The molecule has 0 bridgehead atoms. The molecule has 1 amide bonds. The molecule has 22 heavy (non-hydrogen) atoms. The van der Waals surface area contributed by atoms with Gasteiger partial charge in [-0.25, -0.2) is 9.97 Å². The van der Waals surface area contributed by atoms with Crippen LogP contribution in [0.15, 0.2) is 24.8 Å². The Kier molecular flexibility index (Phi) is 3.70. The summed E-state index contributed by atoms with van der Waals surface area (Å²) in [6, 6.07) is -0.0336. The summed E-state index contributed by atoms with van der Waals surface area (Å²) in [6.07, 6.45) is 9.62. The van der Waals surface area contributed by atoms with Crippen LogP contribution in [0.1, 0.15) is 17.0 Å². The molecule has 3 heterocycles. The lowest BCUT2D eigenvalue weighted by molar-refractivity contribution is 0.0928. The summed E-state index contributed by atoms with van der Waals surface area (Å²) in [5.74, 6) is -0.189. The maximum atomic E-state index is 12.1. The fourth-order valence-corrected chi connectivity index (χ4v) is 2.38. The first-order valence-corrected chi connectivity index (χ1v) is 6.92. The molecule has 8 nitrogen and oxygen atoms in total. The predicted molar refractivity (Wildman–Crippen MR) is 77.3 cm³/mol. The first kappa shape index (κ1) is 14.0. The zero-order valence-corrected chi connectivity index (χ0v) is 12.1. The minimum atomic E-state index is -0.317.